The number of aryl methyl sites for hydroxylation is 1. The van der Waals surface area contributed by atoms with Gasteiger partial charge in [0.15, 0.2) is 0 Å². The Kier molecular flexibility index (Phi) is 6.08. The van der Waals surface area contributed by atoms with Gasteiger partial charge < -0.3 is 15.4 Å². The summed E-state index contributed by atoms with van der Waals surface area (Å²) in [5.74, 6) is -1.02. The van der Waals surface area contributed by atoms with E-state index in [0.717, 1.165) is 5.56 Å². The molecule has 0 aliphatic rings. The van der Waals surface area contributed by atoms with Gasteiger partial charge in [0.1, 0.15) is 11.6 Å². The molecule has 0 radical (unpaired) electrons. The van der Waals surface area contributed by atoms with Crippen LogP contribution in [0.4, 0.5) is 8.78 Å². The number of carbonyl (C=O) groups is 1. The molecule has 0 saturated heterocycles. The van der Waals surface area contributed by atoms with E-state index in [1.807, 2.05) is 0 Å². The van der Waals surface area contributed by atoms with E-state index in [4.69, 9.17) is 16.7 Å². The van der Waals surface area contributed by atoms with Crippen LogP contribution in [0.5, 0.6) is 0 Å². The zero-order valence-electron chi connectivity index (χ0n) is 14.5. The summed E-state index contributed by atoms with van der Waals surface area (Å²) in [6.07, 6.45) is 1.04. The molecule has 4 nitrogen and oxygen atoms in total. The van der Waals surface area contributed by atoms with E-state index >= 15 is 0 Å². The van der Waals surface area contributed by atoms with E-state index in [2.05, 4.69) is 10.3 Å². The van der Waals surface area contributed by atoms with Crippen molar-refractivity contribution in [2.24, 2.45) is 0 Å². The summed E-state index contributed by atoms with van der Waals surface area (Å²) in [4.78, 5) is 15.1. The highest BCUT2D eigenvalue weighted by Crippen LogP contribution is 2.34. The summed E-state index contributed by atoms with van der Waals surface area (Å²) in [5.41, 5.74) is 2.37. The maximum atomic E-state index is 14.3. The number of rotatable bonds is 7. The number of fused-ring (bicyclic) bond motifs is 1. The lowest BCUT2D eigenvalue weighted by atomic mass is 10.0. The first-order valence-corrected chi connectivity index (χ1v) is 9.00. The molecule has 0 bridgehead atoms. The minimum atomic E-state index is -0.487. The number of aromatic amines is 1. The molecule has 0 fully saturated rings. The van der Waals surface area contributed by atoms with Gasteiger partial charge in [0.2, 0.25) is 5.91 Å². The van der Waals surface area contributed by atoms with Gasteiger partial charge in [0.25, 0.3) is 0 Å². The van der Waals surface area contributed by atoms with Crippen molar-refractivity contribution in [1.29, 1.82) is 0 Å². The fourth-order valence-corrected chi connectivity index (χ4v) is 3.24. The molecule has 0 unspecified atom stereocenters. The van der Waals surface area contributed by atoms with Crippen molar-refractivity contribution < 1.29 is 18.7 Å². The Balaban J connectivity index is 1.96. The molecule has 1 amide bonds. The second-order valence-corrected chi connectivity index (χ2v) is 6.66. The molecule has 1 aromatic heterocycles. The van der Waals surface area contributed by atoms with Crippen LogP contribution in [-0.4, -0.2) is 29.1 Å². The highest BCUT2D eigenvalue weighted by molar-refractivity contribution is 6.31. The van der Waals surface area contributed by atoms with Gasteiger partial charge in [-0.1, -0.05) is 11.6 Å². The van der Waals surface area contributed by atoms with E-state index in [-0.39, 0.29) is 29.8 Å². The number of hydrogen-bond acceptors (Lipinski definition) is 2. The fraction of sp³-hybridized carbons (Fsp3) is 0.250. The van der Waals surface area contributed by atoms with Gasteiger partial charge in [-0.25, -0.2) is 8.78 Å². The monoisotopic (exact) mass is 392 g/mol. The fourth-order valence-electron chi connectivity index (χ4n) is 3.03. The van der Waals surface area contributed by atoms with Gasteiger partial charge in [-0.05, 0) is 60.4 Å². The number of carbonyl (C=O) groups excluding carboxylic acids is 1. The second kappa shape index (κ2) is 8.50. The Hall–Kier alpha value is -2.44. The van der Waals surface area contributed by atoms with Crippen molar-refractivity contribution in [1.82, 2.24) is 10.3 Å². The number of hydrogen-bond donors (Lipinski definition) is 3. The summed E-state index contributed by atoms with van der Waals surface area (Å²) in [5, 5.41) is 12.4. The molecule has 0 atom stereocenters. The van der Waals surface area contributed by atoms with E-state index in [9.17, 15) is 13.6 Å². The molecule has 27 heavy (non-hydrogen) atoms. The standard InChI is InChI=1S/C20H19ClF2N2O2/c21-13-10-16-15(6-7-18(27)24-8-1-9-26)19(25-20(16)17(23)11-13)12-2-4-14(22)5-3-12/h2-5,10-11,25-26H,1,6-9H2,(H,24,27). The van der Waals surface area contributed by atoms with Crippen molar-refractivity contribution in [2.75, 3.05) is 13.2 Å². The summed E-state index contributed by atoms with van der Waals surface area (Å²) < 4.78 is 27.6. The molecule has 1 heterocycles. The molecule has 0 spiro atoms. The topological polar surface area (TPSA) is 65.1 Å². The van der Waals surface area contributed by atoms with Crippen LogP contribution in [-0.2, 0) is 11.2 Å². The van der Waals surface area contributed by atoms with Gasteiger partial charge in [0.05, 0.1) is 5.52 Å². The average molecular weight is 393 g/mol. The number of nitrogens with one attached hydrogen (secondary N) is 2. The van der Waals surface area contributed by atoms with Crippen LogP contribution in [0.2, 0.25) is 5.02 Å². The summed E-state index contributed by atoms with van der Waals surface area (Å²) in [7, 11) is 0. The zero-order valence-corrected chi connectivity index (χ0v) is 15.2. The maximum Gasteiger partial charge on any atom is 0.220 e. The molecule has 142 valence electrons. The Morgan fingerprint density at radius 1 is 1.19 bits per heavy atom. The van der Waals surface area contributed by atoms with Gasteiger partial charge in [0, 0.05) is 35.7 Å². The van der Waals surface area contributed by atoms with Crippen LogP contribution < -0.4 is 5.32 Å². The molecule has 2 aromatic carbocycles. The first-order valence-electron chi connectivity index (χ1n) is 8.62. The number of halogens is 3. The van der Waals surface area contributed by atoms with Crippen molar-refractivity contribution in [3.8, 4) is 11.3 Å². The number of aromatic nitrogens is 1. The second-order valence-electron chi connectivity index (χ2n) is 6.22. The third kappa shape index (κ3) is 4.46. The third-order valence-corrected chi connectivity index (χ3v) is 4.54. The zero-order chi connectivity index (χ0) is 19.4. The first-order chi connectivity index (χ1) is 13.0. The minimum Gasteiger partial charge on any atom is -0.396 e. The number of aliphatic hydroxyl groups is 1. The van der Waals surface area contributed by atoms with Crippen molar-refractivity contribution in [2.45, 2.75) is 19.3 Å². The van der Waals surface area contributed by atoms with Gasteiger partial charge in [-0.15, -0.1) is 0 Å². The van der Waals surface area contributed by atoms with Crippen LogP contribution in [0.15, 0.2) is 36.4 Å². The number of aliphatic hydroxyl groups excluding tert-OH is 1. The predicted molar refractivity (Wildman–Crippen MR) is 102 cm³/mol. The van der Waals surface area contributed by atoms with Crippen molar-refractivity contribution >= 4 is 28.4 Å². The summed E-state index contributed by atoms with van der Waals surface area (Å²) in [6, 6.07) is 8.74. The molecule has 3 aromatic rings. The Morgan fingerprint density at radius 3 is 2.63 bits per heavy atom. The minimum absolute atomic E-state index is 0.00915. The third-order valence-electron chi connectivity index (χ3n) is 4.32. The number of benzene rings is 2. The quantitative estimate of drug-likeness (QED) is 0.528. The van der Waals surface area contributed by atoms with Crippen molar-refractivity contribution in [3.05, 3.63) is 58.6 Å². The largest absolute Gasteiger partial charge is 0.396 e. The molecule has 0 saturated carbocycles. The molecular weight excluding hydrogens is 374 g/mol. The number of H-pyrrole nitrogens is 1. The normalized spacial score (nSPS) is 11.1. The lowest BCUT2D eigenvalue weighted by Crippen LogP contribution is -2.25. The summed E-state index contributed by atoms with van der Waals surface area (Å²) in [6.45, 7) is 0.406. The molecule has 7 heteroatoms. The average Bonchev–Trinajstić information content (AvgIpc) is 2.99. The SMILES string of the molecule is O=C(CCc1c(-c2ccc(F)cc2)[nH]c2c(F)cc(Cl)cc12)NCCCO. The van der Waals surface area contributed by atoms with Gasteiger partial charge >= 0.3 is 0 Å². The Bertz CT molecular complexity index is 955. The van der Waals surface area contributed by atoms with E-state index in [0.29, 0.717) is 41.5 Å². The Morgan fingerprint density at radius 2 is 1.93 bits per heavy atom. The highest BCUT2D eigenvalue weighted by atomic mass is 35.5. The van der Waals surface area contributed by atoms with Crippen LogP contribution in [0, 0.1) is 11.6 Å². The molecule has 0 aliphatic carbocycles. The number of amides is 1. The first kappa shape index (κ1) is 19.3. The molecular formula is C20H19ClF2N2O2. The highest BCUT2D eigenvalue weighted by Gasteiger charge is 2.17. The van der Waals surface area contributed by atoms with Gasteiger partial charge in [-0.3, -0.25) is 4.79 Å². The lowest BCUT2D eigenvalue weighted by molar-refractivity contribution is -0.121. The summed E-state index contributed by atoms with van der Waals surface area (Å²) >= 11 is 6.01. The lowest BCUT2D eigenvalue weighted by Gasteiger charge is -2.07. The van der Waals surface area contributed by atoms with E-state index in [1.165, 1.54) is 18.2 Å². The predicted octanol–water partition coefficient (Wildman–Crippen LogP) is 4.20. The molecule has 3 N–H and O–H groups in total. The smallest absolute Gasteiger partial charge is 0.220 e. The Labute approximate surface area is 160 Å². The van der Waals surface area contributed by atoms with Crippen LogP contribution >= 0.6 is 11.6 Å². The molecule has 0 aliphatic heterocycles. The van der Waals surface area contributed by atoms with Crippen LogP contribution in [0.25, 0.3) is 22.2 Å². The van der Waals surface area contributed by atoms with E-state index in [1.54, 1.807) is 18.2 Å². The molecule has 3 rings (SSSR count). The maximum absolute atomic E-state index is 14.3. The van der Waals surface area contributed by atoms with E-state index < -0.39 is 5.82 Å². The van der Waals surface area contributed by atoms with Gasteiger partial charge in [-0.2, -0.15) is 0 Å². The van der Waals surface area contributed by atoms with Crippen LogP contribution in [0.1, 0.15) is 18.4 Å². The van der Waals surface area contributed by atoms with Crippen LogP contribution in [0.3, 0.4) is 0 Å². The van der Waals surface area contributed by atoms with Crippen molar-refractivity contribution in [3.63, 3.8) is 0 Å².